The molecule has 1 spiro atoms. The highest BCUT2D eigenvalue weighted by atomic mass is 19.4. The third kappa shape index (κ3) is 4.99. The third-order valence-corrected chi connectivity index (χ3v) is 6.83. The summed E-state index contributed by atoms with van der Waals surface area (Å²) < 4.78 is 39.5. The molecule has 0 saturated carbocycles. The molecule has 13 heteroatoms. The van der Waals surface area contributed by atoms with E-state index in [2.05, 4.69) is 20.5 Å². The molecule has 37 heavy (non-hydrogen) atoms. The number of carboxylic acids is 1. The van der Waals surface area contributed by atoms with Gasteiger partial charge in [-0.25, -0.2) is 9.78 Å². The summed E-state index contributed by atoms with van der Waals surface area (Å²) in [6.45, 7) is 2.07. The second-order valence-electron chi connectivity index (χ2n) is 9.33. The molecule has 2 aromatic rings. The molecule has 10 nitrogen and oxygen atoms in total. The van der Waals surface area contributed by atoms with Crippen LogP contribution in [0.2, 0.25) is 0 Å². The van der Waals surface area contributed by atoms with Gasteiger partial charge in [0.2, 0.25) is 5.91 Å². The fourth-order valence-electron chi connectivity index (χ4n) is 5.00. The van der Waals surface area contributed by atoms with Gasteiger partial charge in [-0.15, -0.1) is 0 Å². The first kappa shape index (κ1) is 26.5. The number of alkyl halides is 3. The Morgan fingerprint density at radius 3 is 2.59 bits per heavy atom. The maximum Gasteiger partial charge on any atom is 0.490 e. The van der Waals surface area contributed by atoms with Crippen LogP contribution < -0.4 is 4.90 Å². The maximum absolute atomic E-state index is 13.1. The second-order valence-corrected chi connectivity index (χ2v) is 9.33. The van der Waals surface area contributed by atoms with Crippen molar-refractivity contribution in [2.24, 2.45) is 0 Å². The molecule has 1 N–H and O–H groups in total. The summed E-state index contributed by atoms with van der Waals surface area (Å²) in [5.41, 5.74) is 1.52. The molecule has 1 unspecified atom stereocenters. The maximum atomic E-state index is 13.1. The number of carbonyl (C=O) groups is 3. The first-order chi connectivity index (χ1) is 17.5. The van der Waals surface area contributed by atoms with Crippen molar-refractivity contribution in [1.82, 2.24) is 19.4 Å². The fraction of sp³-hybridized carbons (Fsp3) is 0.500. The molecular formula is C24H28F3N5O5. The number of halogens is 3. The van der Waals surface area contributed by atoms with Crippen molar-refractivity contribution in [2.75, 3.05) is 45.2 Å². The third-order valence-electron chi connectivity index (χ3n) is 6.83. The van der Waals surface area contributed by atoms with Crippen molar-refractivity contribution in [2.45, 2.75) is 37.1 Å². The van der Waals surface area contributed by atoms with Crippen molar-refractivity contribution in [3.63, 3.8) is 0 Å². The summed E-state index contributed by atoms with van der Waals surface area (Å²) in [6, 6.07) is 8.01. The van der Waals surface area contributed by atoms with Crippen LogP contribution in [0.15, 0.2) is 36.7 Å². The van der Waals surface area contributed by atoms with Crippen molar-refractivity contribution in [3.05, 3.63) is 42.4 Å². The van der Waals surface area contributed by atoms with E-state index in [1.807, 2.05) is 29.3 Å². The van der Waals surface area contributed by atoms with E-state index in [9.17, 15) is 22.8 Å². The number of anilines is 1. The Hall–Kier alpha value is -3.61. The molecule has 2 saturated heterocycles. The molecule has 2 fully saturated rings. The number of aliphatic carboxylic acids is 1. The Kier molecular flexibility index (Phi) is 7.18. The minimum Gasteiger partial charge on any atom is -0.475 e. The number of carboxylic acid groups (broad SMARTS) is 1. The number of ether oxygens (including phenoxy) is 1. The number of amides is 2. The van der Waals surface area contributed by atoms with Gasteiger partial charge < -0.3 is 29.1 Å². The number of aromatic nitrogens is 2. The molecule has 0 bridgehead atoms. The van der Waals surface area contributed by atoms with Crippen LogP contribution in [-0.2, 0) is 24.7 Å². The van der Waals surface area contributed by atoms with Gasteiger partial charge in [0, 0.05) is 46.2 Å². The normalized spacial score (nSPS) is 22.2. The van der Waals surface area contributed by atoms with Crippen LogP contribution in [0.25, 0.3) is 5.82 Å². The van der Waals surface area contributed by atoms with Gasteiger partial charge in [0.25, 0.3) is 5.91 Å². The Bertz CT molecular complexity index is 1180. The lowest BCUT2D eigenvalue weighted by molar-refractivity contribution is -0.192. The van der Waals surface area contributed by atoms with Crippen LogP contribution in [0.4, 0.5) is 18.9 Å². The highest BCUT2D eigenvalue weighted by molar-refractivity contribution is 5.85. The smallest absolute Gasteiger partial charge is 0.475 e. The van der Waals surface area contributed by atoms with Gasteiger partial charge >= 0.3 is 12.1 Å². The molecular weight excluding hydrogens is 495 g/mol. The van der Waals surface area contributed by atoms with Crippen LogP contribution in [0, 0.1) is 0 Å². The number of likely N-dealkylation sites (N-methyl/N-ethyl adjacent to an activating group) is 1. The summed E-state index contributed by atoms with van der Waals surface area (Å²) in [5, 5.41) is 7.12. The molecule has 0 aliphatic carbocycles. The number of pyridine rings is 1. The first-order valence-electron chi connectivity index (χ1n) is 11.8. The summed E-state index contributed by atoms with van der Waals surface area (Å²) in [5.74, 6) is -1.85. The van der Waals surface area contributed by atoms with Gasteiger partial charge in [-0.2, -0.15) is 13.2 Å². The zero-order valence-electron chi connectivity index (χ0n) is 20.4. The summed E-state index contributed by atoms with van der Waals surface area (Å²) in [4.78, 5) is 45.1. The quantitative estimate of drug-likeness (QED) is 0.656. The molecule has 3 aliphatic rings. The highest BCUT2D eigenvalue weighted by Crippen LogP contribution is 2.47. The van der Waals surface area contributed by atoms with Gasteiger partial charge in [0.05, 0.1) is 17.9 Å². The Labute approximate surface area is 211 Å². The van der Waals surface area contributed by atoms with Crippen molar-refractivity contribution in [1.29, 1.82) is 0 Å². The first-order valence-corrected chi connectivity index (χ1v) is 11.8. The minimum atomic E-state index is -5.08. The molecule has 200 valence electrons. The number of carbonyl (C=O) groups excluding carboxylic acids is 2. The molecule has 2 amide bonds. The molecule has 5 heterocycles. The topological polar surface area (TPSA) is 108 Å². The molecule has 0 radical (unpaired) electrons. The highest BCUT2D eigenvalue weighted by Gasteiger charge is 2.52. The summed E-state index contributed by atoms with van der Waals surface area (Å²) in [7, 11) is 3.54. The Morgan fingerprint density at radius 1 is 1.24 bits per heavy atom. The predicted octanol–water partition coefficient (Wildman–Crippen LogP) is 2.02. The summed E-state index contributed by atoms with van der Waals surface area (Å²) >= 11 is 0. The van der Waals surface area contributed by atoms with Gasteiger partial charge in [-0.1, -0.05) is 0 Å². The monoisotopic (exact) mass is 523 g/mol. The van der Waals surface area contributed by atoms with E-state index < -0.39 is 17.7 Å². The van der Waals surface area contributed by atoms with E-state index in [-0.39, 0.29) is 24.5 Å². The molecule has 5 rings (SSSR count). The minimum absolute atomic E-state index is 0.0214. The standard InChI is InChI=1S/C22H27N5O3.C2HF3O2/c1-24(2)19(28)14-27-16-6-3-10-23-20(16)26-11-4-8-18(26)22(27)9-12-25(15-22)21(29)17-7-5-13-30-17;3-2(4,5)1(6)7/h3-4,6,8,10-11,17H,5,7,9,12-15H2,1-2H3;(H,6,7)/t17-,22?;/m1./s1. The van der Waals surface area contributed by atoms with E-state index in [0.29, 0.717) is 19.7 Å². The number of hydrogen-bond acceptors (Lipinski definition) is 6. The Balaban J connectivity index is 0.000000405. The lowest BCUT2D eigenvalue weighted by atomic mass is 9.88. The zero-order valence-corrected chi connectivity index (χ0v) is 20.4. The average molecular weight is 524 g/mol. The molecule has 3 aliphatic heterocycles. The van der Waals surface area contributed by atoms with Crippen LogP contribution in [0.5, 0.6) is 0 Å². The van der Waals surface area contributed by atoms with Gasteiger partial charge in [0.1, 0.15) is 11.6 Å². The van der Waals surface area contributed by atoms with E-state index >= 15 is 0 Å². The number of likely N-dealkylation sites (tertiary alicyclic amines) is 1. The largest absolute Gasteiger partial charge is 0.490 e. The van der Waals surface area contributed by atoms with E-state index in [4.69, 9.17) is 14.6 Å². The van der Waals surface area contributed by atoms with Gasteiger partial charge in [-0.05, 0) is 43.5 Å². The molecule has 2 atom stereocenters. The molecule has 2 aromatic heterocycles. The fourth-order valence-corrected chi connectivity index (χ4v) is 5.00. The summed E-state index contributed by atoms with van der Waals surface area (Å²) in [6.07, 6.45) is 0.841. The number of hydrogen-bond donors (Lipinski definition) is 1. The second kappa shape index (κ2) is 10.0. The number of fused-ring (bicyclic) bond motifs is 4. The SMILES string of the molecule is CN(C)C(=O)CN1c2cccnc2-n2cccc2C12CCN(C(=O)[C@H]1CCCO1)C2.O=C(O)C(F)(F)F. The predicted molar refractivity (Wildman–Crippen MR) is 125 cm³/mol. The number of nitrogens with zero attached hydrogens (tertiary/aromatic N) is 5. The van der Waals surface area contributed by atoms with Crippen LogP contribution in [0.3, 0.4) is 0 Å². The van der Waals surface area contributed by atoms with Crippen molar-refractivity contribution in [3.8, 4) is 5.82 Å². The lowest BCUT2D eigenvalue weighted by Crippen LogP contribution is -2.55. The lowest BCUT2D eigenvalue weighted by Gasteiger charge is -2.47. The van der Waals surface area contributed by atoms with E-state index in [1.165, 1.54) is 0 Å². The number of rotatable bonds is 3. The average Bonchev–Trinajstić information content (AvgIpc) is 3.62. The van der Waals surface area contributed by atoms with E-state index in [1.54, 1.807) is 25.2 Å². The van der Waals surface area contributed by atoms with Crippen molar-refractivity contribution < 1.29 is 37.4 Å². The van der Waals surface area contributed by atoms with Gasteiger partial charge in [-0.3, -0.25) is 9.59 Å². The van der Waals surface area contributed by atoms with Crippen LogP contribution in [0.1, 0.15) is 25.0 Å². The van der Waals surface area contributed by atoms with E-state index in [0.717, 1.165) is 36.5 Å². The van der Waals surface area contributed by atoms with Crippen LogP contribution in [-0.4, -0.2) is 94.9 Å². The Morgan fingerprint density at radius 2 is 1.97 bits per heavy atom. The van der Waals surface area contributed by atoms with Gasteiger partial charge in [0.15, 0.2) is 5.82 Å². The van der Waals surface area contributed by atoms with Crippen molar-refractivity contribution >= 4 is 23.5 Å². The zero-order chi connectivity index (χ0) is 27.0. The van der Waals surface area contributed by atoms with Crippen LogP contribution >= 0.6 is 0 Å². The molecule has 0 aromatic carbocycles.